The van der Waals surface area contributed by atoms with Crippen LogP contribution in [0, 0.1) is 12.3 Å². The zero-order valence-corrected chi connectivity index (χ0v) is 8.80. The van der Waals surface area contributed by atoms with Crippen molar-refractivity contribution in [2.75, 3.05) is 0 Å². The monoisotopic (exact) mass is 212 g/mol. The Kier molecular flexibility index (Phi) is 2.99. The van der Waals surface area contributed by atoms with Crippen molar-refractivity contribution in [3.8, 4) is 23.6 Å². The predicted molar refractivity (Wildman–Crippen MR) is 62.2 cm³/mol. The molecule has 4 nitrogen and oxygen atoms in total. The lowest BCUT2D eigenvalue weighted by Crippen LogP contribution is -2.07. The molecule has 0 aliphatic carbocycles. The van der Waals surface area contributed by atoms with Crippen molar-refractivity contribution in [1.82, 2.24) is 14.8 Å². The first-order valence-electron chi connectivity index (χ1n) is 4.96. The fourth-order valence-corrected chi connectivity index (χ4v) is 1.51. The first-order valence-corrected chi connectivity index (χ1v) is 4.96. The molecule has 0 aliphatic heterocycles. The van der Waals surface area contributed by atoms with Crippen LogP contribution in [0.15, 0.2) is 30.6 Å². The van der Waals surface area contributed by atoms with Gasteiger partial charge in [-0.1, -0.05) is 5.92 Å². The minimum atomic E-state index is 0.430. The summed E-state index contributed by atoms with van der Waals surface area (Å²) in [5.74, 6) is 2.56. The largest absolute Gasteiger partial charge is 0.325 e. The van der Waals surface area contributed by atoms with Gasteiger partial charge in [-0.2, -0.15) is 5.10 Å². The summed E-state index contributed by atoms with van der Waals surface area (Å²) in [5, 5.41) is 4.41. The van der Waals surface area contributed by atoms with E-state index >= 15 is 0 Å². The number of rotatable bonds is 3. The second-order valence-corrected chi connectivity index (χ2v) is 3.32. The van der Waals surface area contributed by atoms with Crippen LogP contribution in [0.5, 0.6) is 0 Å². The summed E-state index contributed by atoms with van der Waals surface area (Å²) in [7, 11) is 0. The SMILES string of the molecule is C#CCn1nc(-c2ccncc2)cc1CN. The van der Waals surface area contributed by atoms with Gasteiger partial charge < -0.3 is 5.73 Å². The normalized spacial score (nSPS) is 10.0. The van der Waals surface area contributed by atoms with E-state index in [0.717, 1.165) is 17.0 Å². The van der Waals surface area contributed by atoms with Crippen LogP contribution in [0.4, 0.5) is 0 Å². The molecule has 0 fully saturated rings. The molecule has 2 rings (SSSR count). The third-order valence-corrected chi connectivity index (χ3v) is 2.29. The molecule has 2 N–H and O–H groups in total. The van der Waals surface area contributed by atoms with Crippen LogP contribution in [-0.4, -0.2) is 14.8 Å². The minimum Gasteiger partial charge on any atom is -0.325 e. The van der Waals surface area contributed by atoms with Crippen molar-refractivity contribution in [3.63, 3.8) is 0 Å². The van der Waals surface area contributed by atoms with Crippen molar-refractivity contribution >= 4 is 0 Å². The van der Waals surface area contributed by atoms with E-state index < -0.39 is 0 Å². The third-order valence-electron chi connectivity index (χ3n) is 2.29. The molecule has 2 aromatic rings. The molecular formula is C12H12N4. The Morgan fingerprint density at radius 1 is 1.38 bits per heavy atom. The van der Waals surface area contributed by atoms with E-state index in [2.05, 4.69) is 16.0 Å². The summed E-state index contributed by atoms with van der Waals surface area (Å²) in [5.41, 5.74) is 8.45. The highest BCUT2D eigenvalue weighted by Crippen LogP contribution is 2.17. The molecule has 0 amide bonds. The van der Waals surface area contributed by atoms with Crippen LogP contribution in [0.1, 0.15) is 5.69 Å². The summed E-state index contributed by atoms with van der Waals surface area (Å²) < 4.78 is 1.75. The van der Waals surface area contributed by atoms with E-state index in [1.165, 1.54) is 0 Å². The van der Waals surface area contributed by atoms with E-state index in [1.807, 2.05) is 18.2 Å². The van der Waals surface area contributed by atoms with Crippen molar-refractivity contribution in [1.29, 1.82) is 0 Å². The lowest BCUT2D eigenvalue weighted by Gasteiger charge is -1.98. The number of pyridine rings is 1. The first kappa shape index (κ1) is 10.4. The highest BCUT2D eigenvalue weighted by Gasteiger charge is 2.07. The fourth-order valence-electron chi connectivity index (χ4n) is 1.51. The number of nitrogens with zero attached hydrogens (tertiary/aromatic N) is 3. The Morgan fingerprint density at radius 3 is 2.75 bits per heavy atom. The van der Waals surface area contributed by atoms with Crippen molar-refractivity contribution in [3.05, 3.63) is 36.3 Å². The number of hydrogen-bond donors (Lipinski definition) is 1. The number of hydrogen-bond acceptors (Lipinski definition) is 3. The maximum atomic E-state index is 5.63. The molecule has 2 heterocycles. The quantitative estimate of drug-likeness (QED) is 0.773. The zero-order valence-electron chi connectivity index (χ0n) is 8.80. The Hall–Kier alpha value is -2.12. The average Bonchev–Trinajstić information content (AvgIpc) is 2.74. The average molecular weight is 212 g/mol. The van der Waals surface area contributed by atoms with Gasteiger partial charge in [0.15, 0.2) is 0 Å². The van der Waals surface area contributed by atoms with Gasteiger partial charge in [0, 0.05) is 24.5 Å². The summed E-state index contributed by atoms with van der Waals surface area (Å²) in [6, 6.07) is 5.76. The molecule has 0 radical (unpaired) electrons. The van der Waals surface area contributed by atoms with E-state index in [0.29, 0.717) is 13.1 Å². The maximum absolute atomic E-state index is 5.63. The van der Waals surface area contributed by atoms with Gasteiger partial charge in [-0.3, -0.25) is 9.67 Å². The molecular weight excluding hydrogens is 200 g/mol. The molecule has 0 spiro atoms. The van der Waals surface area contributed by atoms with E-state index in [4.69, 9.17) is 12.2 Å². The standard InChI is InChI=1S/C12H12N4/c1-2-7-16-11(9-13)8-12(15-16)10-3-5-14-6-4-10/h1,3-6,8H,7,9,13H2. The lowest BCUT2D eigenvalue weighted by atomic mass is 10.2. The zero-order chi connectivity index (χ0) is 11.4. The van der Waals surface area contributed by atoms with Crippen LogP contribution in [0.25, 0.3) is 11.3 Å². The molecule has 2 aromatic heterocycles. The highest BCUT2D eigenvalue weighted by atomic mass is 15.3. The van der Waals surface area contributed by atoms with Gasteiger partial charge in [-0.25, -0.2) is 0 Å². The van der Waals surface area contributed by atoms with Crippen LogP contribution < -0.4 is 5.73 Å². The van der Waals surface area contributed by atoms with Crippen molar-refractivity contribution < 1.29 is 0 Å². The Labute approximate surface area is 94.1 Å². The third kappa shape index (κ3) is 1.95. The van der Waals surface area contributed by atoms with Crippen LogP contribution in [0.2, 0.25) is 0 Å². The summed E-state index contributed by atoms with van der Waals surface area (Å²) in [6.07, 6.45) is 8.74. The Morgan fingerprint density at radius 2 is 2.12 bits per heavy atom. The Bertz CT molecular complexity index is 508. The second kappa shape index (κ2) is 4.60. The predicted octanol–water partition coefficient (Wildman–Crippen LogP) is 1.04. The van der Waals surface area contributed by atoms with E-state index in [9.17, 15) is 0 Å². The fraction of sp³-hybridized carbons (Fsp3) is 0.167. The molecule has 0 atom stereocenters. The van der Waals surface area contributed by atoms with Gasteiger partial charge in [-0.05, 0) is 18.2 Å². The van der Waals surface area contributed by atoms with Crippen LogP contribution in [0.3, 0.4) is 0 Å². The van der Waals surface area contributed by atoms with Crippen LogP contribution in [-0.2, 0) is 13.1 Å². The van der Waals surface area contributed by atoms with Gasteiger partial charge in [0.2, 0.25) is 0 Å². The van der Waals surface area contributed by atoms with E-state index in [1.54, 1.807) is 17.1 Å². The summed E-state index contributed by atoms with van der Waals surface area (Å²) in [4.78, 5) is 3.96. The topological polar surface area (TPSA) is 56.7 Å². The number of nitrogens with two attached hydrogens (primary N) is 1. The van der Waals surface area contributed by atoms with Gasteiger partial charge in [0.25, 0.3) is 0 Å². The second-order valence-electron chi connectivity index (χ2n) is 3.32. The van der Waals surface area contributed by atoms with Crippen LogP contribution >= 0.6 is 0 Å². The molecule has 0 unspecified atom stereocenters. The van der Waals surface area contributed by atoms with Crippen molar-refractivity contribution in [2.45, 2.75) is 13.1 Å². The highest BCUT2D eigenvalue weighted by molar-refractivity contribution is 5.58. The van der Waals surface area contributed by atoms with E-state index in [-0.39, 0.29) is 0 Å². The van der Waals surface area contributed by atoms with Gasteiger partial charge in [-0.15, -0.1) is 6.42 Å². The molecule has 0 saturated carbocycles. The first-order chi connectivity index (χ1) is 7.85. The molecule has 16 heavy (non-hydrogen) atoms. The Balaban J connectivity index is 2.41. The molecule has 80 valence electrons. The van der Waals surface area contributed by atoms with Gasteiger partial charge in [0.05, 0.1) is 11.4 Å². The van der Waals surface area contributed by atoms with Crippen molar-refractivity contribution in [2.24, 2.45) is 5.73 Å². The molecule has 0 aromatic carbocycles. The summed E-state index contributed by atoms with van der Waals surface area (Å²) in [6.45, 7) is 0.872. The maximum Gasteiger partial charge on any atom is 0.102 e. The number of aromatic nitrogens is 3. The molecule has 0 bridgehead atoms. The number of terminal acetylenes is 1. The summed E-state index contributed by atoms with van der Waals surface area (Å²) >= 11 is 0. The smallest absolute Gasteiger partial charge is 0.102 e. The molecule has 0 aliphatic rings. The lowest BCUT2D eigenvalue weighted by molar-refractivity contribution is 0.671. The minimum absolute atomic E-state index is 0.430. The molecule has 4 heteroatoms. The van der Waals surface area contributed by atoms with Gasteiger partial charge in [0.1, 0.15) is 6.54 Å². The molecule has 0 saturated heterocycles. The van der Waals surface area contributed by atoms with Gasteiger partial charge >= 0.3 is 0 Å².